The van der Waals surface area contributed by atoms with Gasteiger partial charge in [-0.25, -0.2) is 4.79 Å². The van der Waals surface area contributed by atoms with Gasteiger partial charge in [0.05, 0.1) is 0 Å². The molecule has 0 atom stereocenters. The number of nitrogens with zero attached hydrogens (tertiary/aromatic N) is 2. The fourth-order valence-corrected chi connectivity index (χ4v) is 2.48. The average Bonchev–Trinajstić information content (AvgIpc) is 2.35. The van der Waals surface area contributed by atoms with Crippen LogP contribution in [0.5, 0.6) is 0 Å². The number of halogens is 1. The number of aliphatic carboxylic acids is 1. The topological polar surface area (TPSA) is 60.9 Å². The normalized spacial score (nSPS) is 10.5. The maximum absolute atomic E-state index is 12.4. The maximum atomic E-state index is 12.4. The highest BCUT2D eigenvalue weighted by molar-refractivity contribution is 9.10. The van der Waals surface area contributed by atoms with Gasteiger partial charge in [0.2, 0.25) is 0 Å². The van der Waals surface area contributed by atoms with Crippen LogP contribution in [0.1, 0.15) is 19.4 Å². The van der Waals surface area contributed by atoms with Crippen LogP contribution in [0, 0.1) is 5.92 Å². The second kappa shape index (κ2) is 8.02. The monoisotopic (exact) mass is 356 g/mol. The van der Waals surface area contributed by atoms with E-state index in [1.807, 2.05) is 38.1 Å². The molecule has 0 saturated carbocycles. The van der Waals surface area contributed by atoms with E-state index in [9.17, 15) is 9.59 Å². The Hall–Kier alpha value is -1.56. The lowest BCUT2D eigenvalue weighted by Gasteiger charge is -2.28. The molecule has 1 aromatic rings. The first kappa shape index (κ1) is 17.5. The summed E-state index contributed by atoms with van der Waals surface area (Å²) in [6.45, 7) is 4.49. The molecule has 0 aromatic heterocycles. The quantitative estimate of drug-likeness (QED) is 0.851. The third-order valence-electron chi connectivity index (χ3n) is 2.82. The van der Waals surface area contributed by atoms with Crippen LogP contribution in [0.3, 0.4) is 0 Å². The summed E-state index contributed by atoms with van der Waals surface area (Å²) < 4.78 is 0.949. The van der Waals surface area contributed by atoms with Gasteiger partial charge in [0.25, 0.3) is 0 Å². The summed E-state index contributed by atoms with van der Waals surface area (Å²) in [5.41, 5.74) is 0.986. The van der Waals surface area contributed by atoms with Gasteiger partial charge < -0.3 is 14.9 Å². The number of amides is 2. The number of hydrogen-bond donors (Lipinski definition) is 1. The van der Waals surface area contributed by atoms with Gasteiger partial charge in [-0.15, -0.1) is 0 Å². The molecule has 5 nitrogen and oxygen atoms in total. The van der Waals surface area contributed by atoms with Crippen LogP contribution in [-0.4, -0.2) is 47.0 Å². The first-order valence-corrected chi connectivity index (χ1v) is 7.55. The zero-order chi connectivity index (χ0) is 16.0. The van der Waals surface area contributed by atoms with E-state index in [1.165, 1.54) is 9.80 Å². The van der Waals surface area contributed by atoms with Gasteiger partial charge in [0.1, 0.15) is 6.54 Å². The standard InChI is InChI=1S/C15H21BrN2O3/c1-11(2)8-18(10-14(19)20)15(21)17(3)9-12-5-4-6-13(16)7-12/h4-7,11H,8-10H2,1-3H3,(H,19,20). The van der Waals surface area contributed by atoms with Gasteiger partial charge in [-0.3, -0.25) is 4.79 Å². The molecule has 1 aromatic carbocycles. The fraction of sp³-hybridized carbons (Fsp3) is 0.467. The van der Waals surface area contributed by atoms with Gasteiger partial charge >= 0.3 is 12.0 Å². The highest BCUT2D eigenvalue weighted by atomic mass is 79.9. The molecule has 1 N–H and O–H groups in total. The van der Waals surface area contributed by atoms with Gasteiger partial charge in [-0.2, -0.15) is 0 Å². The van der Waals surface area contributed by atoms with Crippen molar-refractivity contribution in [2.24, 2.45) is 5.92 Å². The molecule has 21 heavy (non-hydrogen) atoms. The van der Waals surface area contributed by atoms with Crippen LogP contribution >= 0.6 is 15.9 Å². The molecule has 0 fully saturated rings. The van der Waals surface area contributed by atoms with Gasteiger partial charge in [0, 0.05) is 24.6 Å². The number of urea groups is 1. The summed E-state index contributed by atoms with van der Waals surface area (Å²) >= 11 is 3.39. The number of hydrogen-bond acceptors (Lipinski definition) is 2. The lowest BCUT2D eigenvalue weighted by atomic mass is 10.2. The van der Waals surface area contributed by atoms with Crippen LogP contribution in [0.4, 0.5) is 4.79 Å². The number of carboxylic acid groups (broad SMARTS) is 1. The predicted molar refractivity (Wildman–Crippen MR) is 85.1 cm³/mol. The van der Waals surface area contributed by atoms with E-state index in [1.54, 1.807) is 7.05 Å². The van der Waals surface area contributed by atoms with Crippen LogP contribution in [-0.2, 0) is 11.3 Å². The third-order valence-corrected chi connectivity index (χ3v) is 3.31. The number of rotatable bonds is 6. The van der Waals surface area contributed by atoms with Crippen molar-refractivity contribution in [2.75, 3.05) is 20.1 Å². The minimum Gasteiger partial charge on any atom is -0.480 e. The van der Waals surface area contributed by atoms with Crippen molar-refractivity contribution in [3.05, 3.63) is 34.3 Å². The number of carbonyl (C=O) groups is 2. The molecule has 6 heteroatoms. The van der Waals surface area contributed by atoms with E-state index in [0.29, 0.717) is 13.1 Å². The molecule has 1 rings (SSSR count). The van der Waals surface area contributed by atoms with E-state index in [4.69, 9.17) is 5.11 Å². The Morgan fingerprint density at radius 3 is 2.52 bits per heavy atom. The van der Waals surface area contributed by atoms with E-state index in [-0.39, 0.29) is 18.5 Å². The molecule has 116 valence electrons. The lowest BCUT2D eigenvalue weighted by molar-refractivity contribution is -0.137. The highest BCUT2D eigenvalue weighted by Gasteiger charge is 2.21. The Morgan fingerprint density at radius 1 is 1.33 bits per heavy atom. The molecule has 2 amide bonds. The minimum atomic E-state index is -1.00. The minimum absolute atomic E-state index is 0.215. The van der Waals surface area contributed by atoms with E-state index in [0.717, 1.165) is 10.0 Å². The largest absolute Gasteiger partial charge is 0.480 e. The van der Waals surface area contributed by atoms with Crippen molar-refractivity contribution in [3.8, 4) is 0 Å². The third kappa shape index (κ3) is 6.16. The summed E-state index contributed by atoms with van der Waals surface area (Å²) in [7, 11) is 1.68. The molecule has 0 radical (unpaired) electrons. The van der Waals surface area contributed by atoms with Crippen LogP contribution in [0.15, 0.2) is 28.7 Å². The summed E-state index contributed by atoms with van der Waals surface area (Å²) in [4.78, 5) is 26.2. The van der Waals surface area contributed by atoms with Crippen molar-refractivity contribution >= 4 is 27.9 Å². The van der Waals surface area contributed by atoms with Crippen LogP contribution in [0.2, 0.25) is 0 Å². The molecule has 0 spiro atoms. The summed E-state index contributed by atoms with van der Waals surface area (Å²) in [5.74, 6) is -0.785. The predicted octanol–water partition coefficient (Wildman–Crippen LogP) is 3.04. The zero-order valence-corrected chi connectivity index (χ0v) is 14.1. The average molecular weight is 357 g/mol. The molecule has 0 bridgehead atoms. The van der Waals surface area contributed by atoms with Gasteiger partial charge in [0.15, 0.2) is 0 Å². The first-order valence-electron chi connectivity index (χ1n) is 6.76. The van der Waals surface area contributed by atoms with Crippen molar-refractivity contribution in [3.63, 3.8) is 0 Å². The number of carbonyl (C=O) groups excluding carboxylic acids is 1. The van der Waals surface area contributed by atoms with E-state index >= 15 is 0 Å². The van der Waals surface area contributed by atoms with Gasteiger partial charge in [-0.05, 0) is 23.6 Å². The summed E-state index contributed by atoms with van der Waals surface area (Å²) in [6.07, 6.45) is 0. The fourth-order valence-electron chi connectivity index (χ4n) is 2.03. The second-order valence-corrected chi connectivity index (χ2v) is 6.35. The maximum Gasteiger partial charge on any atom is 0.323 e. The molecule has 0 aliphatic heterocycles. The SMILES string of the molecule is CC(C)CN(CC(=O)O)C(=O)N(C)Cc1cccc(Br)c1. The van der Waals surface area contributed by atoms with Crippen molar-refractivity contribution in [1.82, 2.24) is 9.80 Å². The summed E-state index contributed by atoms with van der Waals surface area (Å²) in [6, 6.07) is 7.42. The Balaban J connectivity index is 2.75. The Morgan fingerprint density at radius 2 is 2.00 bits per heavy atom. The number of carboxylic acids is 1. The van der Waals surface area contributed by atoms with Crippen LogP contribution < -0.4 is 0 Å². The Bertz CT molecular complexity index is 505. The smallest absolute Gasteiger partial charge is 0.323 e. The lowest BCUT2D eigenvalue weighted by Crippen LogP contribution is -2.45. The second-order valence-electron chi connectivity index (χ2n) is 5.44. The van der Waals surface area contributed by atoms with E-state index in [2.05, 4.69) is 15.9 Å². The zero-order valence-electron chi connectivity index (χ0n) is 12.5. The molecular weight excluding hydrogens is 336 g/mol. The number of benzene rings is 1. The molecule has 0 aliphatic carbocycles. The molecule has 0 unspecified atom stereocenters. The highest BCUT2D eigenvalue weighted by Crippen LogP contribution is 2.14. The summed E-state index contributed by atoms with van der Waals surface area (Å²) in [5, 5.41) is 8.93. The molecule has 0 aliphatic rings. The van der Waals surface area contributed by atoms with Crippen molar-refractivity contribution in [2.45, 2.75) is 20.4 Å². The Labute approximate surface area is 133 Å². The molecule has 0 saturated heterocycles. The molecular formula is C15H21BrN2O3. The van der Waals surface area contributed by atoms with Crippen LogP contribution in [0.25, 0.3) is 0 Å². The van der Waals surface area contributed by atoms with Crippen molar-refractivity contribution in [1.29, 1.82) is 0 Å². The molecule has 0 heterocycles. The Kier molecular flexibility index (Phi) is 6.68. The van der Waals surface area contributed by atoms with E-state index < -0.39 is 5.97 Å². The van der Waals surface area contributed by atoms with Crippen molar-refractivity contribution < 1.29 is 14.7 Å². The van der Waals surface area contributed by atoms with Gasteiger partial charge in [-0.1, -0.05) is 41.9 Å². The first-order chi connectivity index (χ1) is 9.79.